The topological polar surface area (TPSA) is 19.7 Å². The Morgan fingerprint density at radius 1 is 0.537 bits per heavy atom. The first-order valence-corrected chi connectivity index (χ1v) is 18.4. The zero-order valence-electron chi connectivity index (χ0n) is 27.6. The second kappa shape index (κ2) is 26.1. The third-order valence-electron chi connectivity index (χ3n) is 9.37. The van der Waals surface area contributed by atoms with Crippen LogP contribution in [-0.4, -0.2) is 4.98 Å². The first kappa shape index (κ1) is 35.6. The van der Waals surface area contributed by atoms with Gasteiger partial charge in [0, 0.05) is 5.92 Å². The first-order chi connectivity index (χ1) is 20.3. The number of nitrogens with zero attached hydrogens (tertiary/aromatic N) is 1. The molecule has 1 aromatic carbocycles. The van der Waals surface area contributed by atoms with Crippen molar-refractivity contribution in [3.05, 3.63) is 54.6 Å². The Bertz CT molecular complexity index is 768. The van der Waals surface area contributed by atoms with Crippen molar-refractivity contribution in [2.75, 3.05) is 0 Å². The lowest BCUT2D eigenvalue weighted by molar-refractivity contribution is -0.730. The molecule has 0 fully saturated rings. The molecule has 2 aromatic rings. The molecule has 2 heteroatoms. The number of H-pyrrole nitrogens is 1. The van der Waals surface area contributed by atoms with Crippen LogP contribution < -0.4 is 4.57 Å². The van der Waals surface area contributed by atoms with Crippen LogP contribution in [0.2, 0.25) is 0 Å². The predicted molar refractivity (Wildman–Crippen MR) is 180 cm³/mol. The van der Waals surface area contributed by atoms with Crippen LogP contribution in [0.1, 0.15) is 186 Å². The van der Waals surface area contributed by atoms with Gasteiger partial charge in [-0.05, 0) is 31.2 Å². The third-order valence-corrected chi connectivity index (χ3v) is 9.37. The van der Waals surface area contributed by atoms with Crippen molar-refractivity contribution in [1.82, 2.24) is 4.98 Å². The number of unbranched alkanes of at least 4 members (excludes halogenated alkanes) is 21. The van der Waals surface area contributed by atoms with Gasteiger partial charge in [-0.2, -0.15) is 0 Å². The van der Waals surface area contributed by atoms with Crippen molar-refractivity contribution in [2.45, 2.75) is 187 Å². The molecule has 2 atom stereocenters. The normalized spacial score (nSPS) is 13.0. The van der Waals surface area contributed by atoms with Crippen LogP contribution in [-0.2, 0) is 6.42 Å². The van der Waals surface area contributed by atoms with E-state index in [1.54, 1.807) is 0 Å². The summed E-state index contributed by atoms with van der Waals surface area (Å²) in [6.07, 6.45) is 43.3. The number of aromatic nitrogens is 2. The van der Waals surface area contributed by atoms with Gasteiger partial charge >= 0.3 is 0 Å². The third kappa shape index (κ3) is 18.6. The van der Waals surface area contributed by atoms with E-state index in [1.807, 2.05) is 0 Å². The highest BCUT2D eigenvalue weighted by Gasteiger charge is 2.26. The van der Waals surface area contributed by atoms with Crippen LogP contribution in [0.5, 0.6) is 0 Å². The summed E-state index contributed by atoms with van der Waals surface area (Å²) in [5.41, 5.74) is 1.51. The van der Waals surface area contributed by atoms with Crippen molar-refractivity contribution >= 4 is 0 Å². The molecular weight excluding hydrogens is 496 g/mol. The Hall–Kier alpha value is -1.57. The SMILES string of the molecule is CCCCCCCCCCCCCCCCC(C(CCCCCCCCCCC)Cc1ccccc1)[n+]1cc[nH]c1. The molecule has 0 amide bonds. The van der Waals surface area contributed by atoms with Crippen molar-refractivity contribution in [3.63, 3.8) is 0 Å². The lowest BCUT2D eigenvalue weighted by Crippen LogP contribution is -2.42. The number of aromatic amines is 1. The van der Waals surface area contributed by atoms with Gasteiger partial charge in [0.25, 0.3) is 0 Å². The maximum Gasteiger partial charge on any atom is 0.241 e. The fraction of sp³-hybridized carbons (Fsp3) is 0.769. The fourth-order valence-electron chi connectivity index (χ4n) is 6.75. The van der Waals surface area contributed by atoms with E-state index in [-0.39, 0.29) is 0 Å². The Morgan fingerprint density at radius 3 is 1.41 bits per heavy atom. The van der Waals surface area contributed by atoms with Gasteiger partial charge < -0.3 is 0 Å². The Morgan fingerprint density at radius 2 is 0.976 bits per heavy atom. The van der Waals surface area contributed by atoms with Crippen LogP contribution >= 0.6 is 0 Å². The van der Waals surface area contributed by atoms with Crippen molar-refractivity contribution in [3.8, 4) is 0 Å². The molecule has 0 radical (unpaired) electrons. The second-order valence-electron chi connectivity index (χ2n) is 13.1. The highest BCUT2D eigenvalue weighted by atomic mass is 15.1. The summed E-state index contributed by atoms with van der Waals surface area (Å²) in [4.78, 5) is 3.35. The maximum absolute atomic E-state index is 3.35. The molecule has 0 saturated carbocycles. The van der Waals surface area contributed by atoms with Gasteiger partial charge in [-0.15, -0.1) is 0 Å². The Kier molecular flexibility index (Phi) is 22.7. The Labute approximate surface area is 256 Å². The number of imidazole rings is 1. The van der Waals surface area contributed by atoms with Crippen LogP contribution in [0.4, 0.5) is 0 Å². The minimum absolute atomic E-state index is 0.604. The smallest absolute Gasteiger partial charge is 0.241 e. The number of rotatable bonds is 29. The summed E-state index contributed by atoms with van der Waals surface area (Å²) >= 11 is 0. The van der Waals surface area contributed by atoms with Crippen LogP contribution in [0.25, 0.3) is 0 Å². The molecule has 2 nitrogen and oxygen atoms in total. The van der Waals surface area contributed by atoms with Gasteiger partial charge in [0.1, 0.15) is 18.4 Å². The van der Waals surface area contributed by atoms with Crippen LogP contribution in [0, 0.1) is 5.92 Å². The van der Waals surface area contributed by atoms with E-state index in [1.165, 1.54) is 173 Å². The van der Waals surface area contributed by atoms with E-state index in [0.717, 1.165) is 0 Å². The molecule has 234 valence electrons. The van der Waals surface area contributed by atoms with Gasteiger partial charge in [0.05, 0.1) is 0 Å². The summed E-state index contributed by atoms with van der Waals surface area (Å²) in [6.45, 7) is 4.62. The predicted octanol–water partition coefficient (Wildman–Crippen LogP) is 12.5. The molecule has 0 bridgehead atoms. The molecule has 2 rings (SSSR count). The molecule has 1 aromatic heterocycles. The van der Waals surface area contributed by atoms with Crippen molar-refractivity contribution in [1.29, 1.82) is 0 Å². The van der Waals surface area contributed by atoms with E-state index in [2.05, 4.69) is 72.5 Å². The average Bonchev–Trinajstić information content (AvgIpc) is 3.53. The number of hydrogen-bond donors (Lipinski definition) is 1. The van der Waals surface area contributed by atoms with E-state index >= 15 is 0 Å². The van der Waals surface area contributed by atoms with Crippen LogP contribution in [0.15, 0.2) is 49.1 Å². The minimum atomic E-state index is 0.604. The zero-order valence-corrected chi connectivity index (χ0v) is 27.6. The summed E-state index contributed by atoms with van der Waals surface area (Å²) in [5.74, 6) is 0.713. The monoisotopic (exact) mass is 566 g/mol. The molecule has 0 aliphatic carbocycles. The highest BCUT2D eigenvalue weighted by molar-refractivity contribution is 5.15. The molecule has 0 aliphatic rings. The first-order valence-electron chi connectivity index (χ1n) is 18.4. The lowest BCUT2D eigenvalue weighted by atomic mass is 9.84. The molecule has 0 spiro atoms. The molecular formula is C39H69N2+. The highest BCUT2D eigenvalue weighted by Crippen LogP contribution is 2.29. The van der Waals surface area contributed by atoms with E-state index < -0.39 is 0 Å². The Balaban J connectivity index is 1.71. The van der Waals surface area contributed by atoms with Gasteiger partial charge in [0.2, 0.25) is 6.33 Å². The number of nitrogens with one attached hydrogen (secondary N) is 1. The standard InChI is InChI=1S/C39H68N2/c1-3-5-7-9-11-13-14-15-16-17-19-21-23-28-32-39(41-34-33-40-36-41)38(35-37-29-25-24-26-30-37)31-27-22-20-18-12-10-8-6-4-2/h24-26,29-30,33-34,36,38-39H,3-23,27-28,31-32,35H2,1-2H3/p+1. The number of benzene rings is 1. The zero-order chi connectivity index (χ0) is 29.1. The summed E-state index contributed by atoms with van der Waals surface area (Å²) < 4.78 is 2.50. The molecule has 1 N–H and O–H groups in total. The van der Waals surface area contributed by atoms with E-state index in [0.29, 0.717) is 12.0 Å². The van der Waals surface area contributed by atoms with Crippen molar-refractivity contribution in [2.24, 2.45) is 5.92 Å². The fourth-order valence-corrected chi connectivity index (χ4v) is 6.75. The molecule has 2 unspecified atom stereocenters. The van der Waals surface area contributed by atoms with E-state index in [9.17, 15) is 0 Å². The lowest BCUT2D eigenvalue weighted by Gasteiger charge is -2.25. The van der Waals surface area contributed by atoms with Crippen LogP contribution in [0.3, 0.4) is 0 Å². The quantitative estimate of drug-likeness (QED) is 0.0747. The molecule has 0 saturated heterocycles. The molecule has 41 heavy (non-hydrogen) atoms. The maximum atomic E-state index is 3.35. The molecule has 1 heterocycles. The van der Waals surface area contributed by atoms with Crippen molar-refractivity contribution < 1.29 is 4.57 Å². The second-order valence-corrected chi connectivity index (χ2v) is 13.1. The van der Waals surface area contributed by atoms with Gasteiger partial charge in [0.15, 0.2) is 0 Å². The van der Waals surface area contributed by atoms with E-state index in [4.69, 9.17) is 0 Å². The summed E-state index contributed by atoms with van der Waals surface area (Å²) in [5, 5.41) is 0. The van der Waals surface area contributed by atoms with Gasteiger partial charge in [-0.3, -0.25) is 4.98 Å². The number of hydrogen-bond acceptors (Lipinski definition) is 0. The summed E-state index contributed by atoms with van der Waals surface area (Å²) in [7, 11) is 0. The summed E-state index contributed by atoms with van der Waals surface area (Å²) in [6, 6.07) is 11.9. The minimum Gasteiger partial charge on any atom is -0.250 e. The average molecular weight is 566 g/mol. The van der Waals surface area contributed by atoms with Gasteiger partial charge in [-0.25, -0.2) is 4.57 Å². The van der Waals surface area contributed by atoms with Gasteiger partial charge in [-0.1, -0.05) is 185 Å². The largest absolute Gasteiger partial charge is 0.250 e. The molecule has 0 aliphatic heterocycles.